The number of amides is 2. The number of carbonyl (C=O) groups excluding carboxylic acids is 2. The van der Waals surface area contributed by atoms with E-state index in [0.717, 1.165) is 17.0 Å². The summed E-state index contributed by atoms with van der Waals surface area (Å²) in [7, 11) is 0. The van der Waals surface area contributed by atoms with Crippen LogP contribution in [0.1, 0.15) is 18.5 Å². The van der Waals surface area contributed by atoms with Gasteiger partial charge in [-0.05, 0) is 30.7 Å². The van der Waals surface area contributed by atoms with Crippen molar-refractivity contribution in [3.8, 4) is 0 Å². The third-order valence-corrected chi connectivity index (χ3v) is 5.04. The van der Waals surface area contributed by atoms with E-state index in [2.05, 4.69) is 10.3 Å². The molecule has 1 aliphatic heterocycles. The molecule has 3 aromatic rings. The van der Waals surface area contributed by atoms with E-state index in [4.69, 9.17) is 4.74 Å². The van der Waals surface area contributed by atoms with Gasteiger partial charge in [0.2, 0.25) is 11.8 Å². The van der Waals surface area contributed by atoms with Crippen molar-refractivity contribution in [2.75, 3.05) is 25.1 Å². The van der Waals surface area contributed by atoms with Gasteiger partial charge in [0.15, 0.2) is 0 Å². The number of benzene rings is 1. The second-order valence-electron chi connectivity index (χ2n) is 7.13. The van der Waals surface area contributed by atoms with E-state index >= 15 is 0 Å². The molecule has 29 heavy (non-hydrogen) atoms. The van der Waals surface area contributed by atoms with Crippen molar-refractivity contribution in [3.63, 3.8) is 0 Å². The molecule has 0 saturated carbocycles. The first-order chi connectivity index (χ1) is 14.2. The largest absolute Gasteiger partial charge is 0.377 e. The van der Waals surface area contributed by atoms with Crippen LogP contribution in [-0.4, -0.2) is 51.9 Å². The van der Waals surface area contributed by atoms with Crippen LogP contribution in [0.5, 0.6) is 0 Å². The summed E-state index contributed by atoms with van der Waals surface area (Å²) in [5.41, 5.74) is 2.51. The van der Waals surface area contributed by atoms with Gasteiger partial charge in [0.25, 0.3) is 0 Å². The van der Waals surface area contributed by atoms with Crippen LogP contribution in [0.15, 0.2) is 60.9 Å². The number of aromatic nitrogens is 2. The van der Waals surface area contributed by atoms with Crippen molar-refractivity contribution in [2.24, 2.45) is 0 Å². The highest BCUT2D eigenvalue weighted by atomic mass is 16.5. The molecular formula is C22H24N4O3. The molecule has 0 unspecified atom stereocenters. The number of fused-ring (bicyclic) bond motifs is 1. The average Bonchev–Trinajstić information content (AvgIpc) is 3.16. The van der Waals surface area contributed by atoms with Crippen LogP contribution in [0.2, 0.25) is 0 Å². The molecule has 4 rings (SSSR count). The Morgan fingerprint density at radius 3 is 2.79 bits per heavy atom. The number of aryl methyl sites for hydroxylation is 1. The molecule has 0 spiro atoms. The minimum absolute atomic E-state index is 0.0304. The molecule has 2 amide bonds. The number of rotatable bonds is 6. The summed E-state index contributed by atoms with van der Waals surface area (Å²) in [5, 5.41) is 2.88. The number of carbonyl (C=O) groups is 2. The highest BCUT2D eigenvalue weighted by Gasteiger charge is 2.29. The quantitative estimate of drug-likeness (QED) is 0.699. The summed E-state index contributed by atoms with van der Waals surface area (Å²) in [5.74, 6) is -0.0901. The SMILES string of the molecule is O=C(C[C@@H]1COCCN1C(=O)CCc1cn2ccccc2n1)Nc1ccccc1. The average molecular weight is 392 g/mol. The number of hydrogen-bond donors (Lipinski definition) is 1. The number of pyridine rings is 1. The molecule has 1 atom stereocenters. The van der Waals surface area contributed by atoms with Gasteiger partial charge >= 0.3 is 0 Å². The number of anilines is 1. The lowest BCUT2D eigenvalue weighted by atomic mass is 10.1. The highest BCUT2D eigenvalue weighted by Crippen LogP contribution is 2.16. The van der Waals surface area contributed by atoms with Crippen molar-refractivity contribution < 1.29 is 14.3 Å². The van der Waals surface area contributed by atoms with E-state index < -0.39 is 0 Å². The molecule has 1 saturated heterocycles. The summed E-state index contributed by atoms with van der Waals surface area (Å²) in [4.78, 5) is 31.6. The Kier molecular flexibility index (Phi) is 5.86. The molecule has 0 bridgehead atoms. The summed E-state index contributed by atoms with van der Waals surface area (Å²) >= 11 is 0. The highest BCUT2D eigenvalue weighted by molar-refractivity contribution is 5.91. The first-order valence-corrected chi connectivity index (χ1v) is 9.84. The van der Waals surface area contributed by atoms with Crippen LogP contribution in [0.4, 0.5) is 5.69 Å². The fourth-order valence-corrected chi connectivity index (χ4v) is 3.59. The predicted molar refractivity (Wildman–Crippen MR) is 110 cm³/mol. The maximum absolute atomic E-state index is 12.8. The molecule has 7 heteroatoms. The van der Waals surface area contributed by atoms with Crippen LogP contribution < -0.4 is 5.32 Å². The summed E-state index contributed by atoms with van der Waals surface area (Å²) in [6.45, 7) is 1.38. The monoisotopic (exact) mass is 392 g/mol. The van der Waals surface area contributed by atoms with Crippen LogP contribution >= 0.6 is 0 Å². The fraction of sp³-hybridized carbons (Fsp3) is 0.318. The number of ether oxygens (including phenoxy) is 1. The molecule has 0 radical (unpaired) electrons. The zero-order chi connectivity index (χ0) is 20.1. The molecule has 1 N–H and O–H groups in total. The van der Waals surface area contributed by atoms with Gasteiger partial charge in [0.1, 0.15) is 5.65 Å². The first-order valence-electron chi connectivity index (χ1n) is 9.84. The Labute approximate surface area is 169 Å². The maximum atomic E-state index is 12.8. The lowest BCUT2D eigenvalue weighted by molar-refractivity contribution is -0.141. The number of para-hydroxylation sites is 1. The summed E-state index contributed by atoms with van der Waals surface area (Å²) in [6.07, 6.45) is 5.04. The Morgan fingerprint density at radius 1 is 1.14 bits per heavy atom. The second-order valence-corrected chi connectivity index (χ2v) is 7.13. The van der Waals surface area contributed by atoms with Crippen LogP contribution in [0, 0.1) is 0 Å². The zero-order valence-electron chi connectivity index (χ0n) is 16.2. The topological polar surface area (TPSA) is 75.9 Å². The Hall–Kier alpha value is -3.19. The molecular weight excluding hydrogens is 368 g/mol. The predicted octanol–water partition coefficient (Wildman–Crippen LogP) is 2.52. The minimum Gasteiger partial charge on any atom is -0.377 e. The van der Waals surface area contributed by atoms with Gasteiger partial charge < -0.3 is 19.4 Å². The zero-order valence-corrected chi connectivity index (χ0v) is 16.2. The number of imidazole rings is 1. The molecule has 1 aliphatic rings. The van der Waals surface area contributed by atoms with E-state index in [0.29, 0.717) is 32.6 Å². The van der Waals surface area contributed by atoms with E-state index in [1.807, 2.05) is 65.3 Å². The summed E-state index contributed by atoms with van der Waals surface area (Å²) < 4.78 is 7.48. The lowest BCUT2D eigenvalue weighted by Crippen LogP contribution is -2.50. The van der Waals surface area contributed by atoms with Crippen molar-refractivity contribution in [2.45, 2.75) is 25.3 Å². The third-order valence-electron chi connectivity index (χ3n) is 5.04. The number of hydrogen-bond acceptors (Lipinski definition) is 4. The standard InChI is InChI=1S/C22H24N4O3/c27-21(24-17-6-2-1-3-7-17)14-19-16-29-13-12-26(19)22(28)10-9-18-15-25-11-5-4-8-20(25)23-18/h1-8,11,15,19H,9-10,12-14,16H2,(H,24,27)/t19-/m1/s1. The number of nitrogens with one attached hydrogen (secondary N) is 1. The van der Waals surface area contributed by atoms with E-state index in [-0.39, 0.29) is 24.3 Å². The van der Waals surface area contributed by atoms with Gasteiger partial charge in [0.05, 0.1) is 24.9 Å². The Balaban J connectivity index is 1.34. The van der Waals surface area contributed by atoms with E-state index in [1.54, 1.807) is 4.90 Å². The lowest BCUT2D eigenvalue weighted by Gasteiger charge is -2.35. The van der Waals surface area contributed by atoms with Gasteiger partial charge in [-0.3, -0.25) is 9.59 Å². The Bertz CT molecular complexity index is 953. The maximum Gasteiger partial charge on any atom is 0.226 e. The van der Waals surface area contributed by atoms with Crippen molar-refractivity contribution >= 4 is 23.1 Å². The van der Waals surface area contributed by atoms with Crippen molar-refractivity contribution in [1.82, 2.24) is 14.3 Å². The number of morpholine rings is 1. The molecule has 0 aliphatic carbocycles. The minimum atomic E-state index is -0.249. The molecule has 7 nitrogen and oxygen atoms in total. The molecule has 1 fully saturated rings. The van der Waals surface area contributed by atoms with Crippen molar-refractivity contribution in [1.29, 1.82) is 0 Å². The molecule has 2 aromatic heterocycles. The van der Waals surface area contributed by atoms with E-state index in [9.17, 15) is 9.59 Å². The van der Waals surface area contributed by atoms with Gasteiger partial charge in [-0.1, -0.05) is 24.3 Å². The van der Waals surface area contributed by atoms with Gasteiger partial charge in [-0.25, -0.2) is 4.98 Å². The smallest absolute Gasteiger partial charge is 0.226 e. The second kappa shape index (κ2) is 8.87. The van der Waals surface area contributed by atoms with Gasteiger partial charge in [-0.15, -0.1) is 0 Å². The van der Waals surface area contributed by atoms with E-state index in [1.165, 1.54) is 0 Å². The fourth-order valence-electron chi connectivity index (χ4n) is 3.59. The third kappa shape index (κ3) is 4.81. The van der Waals surface area contributed by atoms with Crippen molar-refractivity contribution in [3.05, 3.63) is 66.6 Å². The molecule has 150 valence electrons. The van der Waals surface area contributed by atoms with Gasteiger partial charge in [0, 0.05) is 37.5 Å². The van der Waals surface area contributed by atoms with Gasteiger partial charge in [-0.2, -0.15) is 0 Å². The molecule has 3 heterocycles. The van der Waals surface area contributed by atoms with Crippen LogP contribution in [0.3, 0.4) is 0 Å². The number of nitrogens with zero attached hydrogens (tertiary/aromatic N) is 3. The molecule has 1 aromatic carbocycles. The first kappa shape index (κ1) is 19.1. The normalized spacial score (nSPS) is 16.7. The summed E-state index contributed by atoms with van der Waals surface area (Å²) in [6, 6.07) is 14.9. The van der Waals surface area contributed by atoms with Crippen LogP contribution in [0.25, 0.3) is 5.65 Å². The van der Waals surface area contributed by atoms with Crippen LogP contribution in [-0.2, 0) is 20.7 Å². The Morgan fingerprint density at radius 2 is 1.97 bits per heavy atom.